The molecule has 1 aliphatic rings. The summed E-state index contributed by atoms with van der Waals surface area (Å²) in [6.07, 6.45) is 5.77. The number of aromatic amines is 1. The van der Waals surface area contributed by atoms with E-state index in [-0.39, 0.29) is 17.9 Å². The van der Waals surface area contributed by atoms with E-state index in [2.05, 4.69) is 20.1 Å². The van der Waals surface area contributed by atoms with Crippen LogP contribution < -0.4 is 5.56 Å². The summed E-state index contributed by atoms with van der Waals surface area (Å²) in [5.74, 6) is 1.73. The Bertz CT molecular complexity index is 1250. The molecule has 3 heterocycles. The molecular formula is C22H23N5O4. The number of fused-ring (bicyclic) bond motifs is 1. The van der Waals surface area contributed by atoms with Crippen molar-refractivity contribution >= 4 is 28.1 Å². The zero-order valence-corrected chi connectivity index (χ0v) is 17.6. The molecule has 0 saturated carbocycles. The summed E-state index contributed by atoms with van der Waals surface area (Å²) in [5.41, 5.74) is 2.00. The fourth-order valence-electron chi connectivity index (χ4n) is 3.26. The first-order chi connectivity index (χ1) is 14.9. The smallest absolute Gasteiger partial charge is 0.258 e. The normalized spacial score (nSPS) is 14.3. The van der Waals surface area contributed by atoms with Gasteiger partial charge in [-0.05, 0) is 49.1 Å². The monoisotopic (exact) mass is 421 g/mol. The minimum Gasteiger partial charge on any atom is -0.490 e. The van der Waals surface area contributed by atoms with Crippen molar-refractivity contribution in [2.24, 2.45) is 0 Å². The van der Waals surface area contributed by atoms with Crippen molar-refractivity contribution in [2.45, 2.75) is 33.1 Å². The summed E-state index contributed by atoms with van der Waals surface area (Å²) in [6.45, 7) is 4.01. The number of nitrogens with one attached hydrogen (secondary N) is 1. The van der Waals surface area contributed by atoms with Gasteiger partial charge in [0.1, 0.15) is 5.82 Å². The SMILES string of the molecule is CC(=O)N(C)/C=C(\C)c1ccc2nc(Cc3nc(C4=CCCCO4)no3)[nH]c(=O)c2c1. The van der Waals surface area contributed by atoms with E-state index < -0.39 is 0 Å². The van der Waals surface area contributed by atoms with Gasteiger partial charge in [-0.3, -0.25) is 9.59 Å². The number of allylic oxidation sites excluding steroid dienone is 2. The third-order valence-corrected chi connectivity index (χ3v) is 5.04. The van der Waals surface area contributed by atoms with Crippen LogP contribution in [0.25, 0.3) is 22.2 Å². The Morgan fingerprint density at radius 3 is 2.87 bits per heavy atom. The molecule has 0 aliphatic carbocycles. The number of amides is 1. The number of aromatic nitrogens is 4. The van der Waals surface area contributed by atoms with E-state index in [9.17, 15) is 9.59 Å². The molecule has 4 rings (SSSR count). The van der Waals surface area contributed by atoms with E-state index in [0.29, 0.717) is 40.8 Å². The number of hydrogen-bond donors (Lipinski definition) is 1. The lowest BCUT2D eigenvalue weighted by atomic mass is 10.1. The summed E-state index contributed by atoms with van der Waals surface area (Å²) >= 11 is 0. The molecule has 0 fully saturated rings. The lowest BCUT2D eigenvalue weighted by molar-refractivity contribution is -0.125. The second-order valence-electron chi connectivity index (χ2n) is 7.43. The molecule has 9 nitrogen and oxygen atoms in total. The Balaban J connectivity index is 1.58. The average Bonchev–Trinajstić information content (AvgIpc) is 3.22. The molecule has 9 heteroatoms. The highest BCUT2D eigenvalue weighted by atomic mass is 16.5. The Hall–Kier alpha value is -3.75. The molecule has 0 radical (unpaired) electrons. The first-order valence-corrected chi connectivity index (χ1v) is 10.0. The Morgan fingerprint density at radius 1 is 1.29 bits per heavy atom. The molecule has 31 heavy (non-hydrogen) atoms. The lowest BCUT2D eigenvalue weighted by Gasteiger charge is -2.11. The van der Waals surface area contributed by atoms with Crippen molar-refractivity contribution in [2.75, 3.05) is 13.7 Å². The average molecular weight is 421 g/mol. The summed E-state index contributed by atoms with van der Waals surface area (Å²) in [6, 6.07) is 5.42. The maximum absolute atomic E-state index is 12.7. The largest absolute Gasteiger partial charge is 0.490 e. The van der Waals surface area contributed by atoms with Gasteiger partial charge < -0.3 is 19.1 Å². The molecule has 0 unspecified atom stereocenters. The van der Waals surface area contributed by atoms with Crippen molar-refractivity contribution in [1.29, 1.82) is 0 Å². The van der Waals surface area contributed by atoms with Gasteiger partial charge in [0.25, 0.3) is 5.56 Å². The summed E-state index contributed by atoms with van der Waals surface area (Å²) in [4.78, 5) is 37.3. The first kappa shape index (κ1) is 20.5. The van der Waals surface area contributed by atoms with E-state index in [1.807, 2.05) is 19.1 Å². The van der Waals surface area contributed by atoms with Gasteiger partial charge in [0.2, 0.25) is 17.6 Å². The number of H-pyrrole nitrogens is 1. The van der Waals surface area contributed by atoms with Crippen LogP contribution in [0.15, 0.2) is 39.8 Å². The van der Waals surface area contributed by atoms with Gasteiger partial charge in [0, 0.05) is 20.2 Å². The highest BCUT2D eigenvalue weighted by molar-refractivity contribution is 5.83. The third kappa shape index (κ3) is 4.55. The fourth-order valence-corrected chi connectivity index (χ4v) is 3.26. The van der Waals surface area contributed by atoms with Gasteiger partial charge in [0.05, 0.1) is 23.9 Å². The van der Waals surface area contributed by atoms with Gasteiger partial charge in [-0.1, -0.05) is 11.2 Å². The summed E-state index contributed by atoms with van der Waals surface area (Å²) in [5, 5.41) is 4.42. The second kappa shape index (κ2) is 8.55. The van der Waals surface area contributed by atoms with Crippen LogP contribution in [0.4, 0.5) is 0 Å². The van der Waals surface area contributed by atoms with Crippen molar-refractivity contribution in [3.8, 4) is 0 Å². The molecule has 1 amide bonds. The quantitative estimate of drug-likeness (QED) is 0.674. The number of ether oxygens (including phenoxy) is 1. The van der Waals surface area contributed by atoms with Gasteiger partial charge in [-0.2, -0.15) is 4.98 Å². The minimum atomic E-state index is -0.257. The lowest BCUT2D eigenvalue weighted by Crippen LogP contribution is -2.17. The summed E-state index contributed by atoms with van der Waals surface area (Å²) < 4.78 is 10.8. The topological polar surface area (TPSA) is 114 Å². The standard InChI is InChI=1S/C22H23N5O4/c1-13(12-27(3)14(2)28)15-7-8-17-16(10-15)22(29)24-19(23-17)11-20-25-21(26-31-20)18-6-4-5-9-30-18/h6-8,10,12H,4-5,9,11H2,1-3H3,(H,23,24,29)/b13-12+. The van der Waals surface area contributed by atoms with Gasteiger partial charge in [0.15, 0.2) is 5.76 Å². The molecule has 0 bridgehead atoms. The van der Waals surface area contributed by atoms with Crippen LogP contribution in [-0.4, -0.2) is 44.6 Å². The number of rotatable bonds is 5. The molecule has 1 N–H and O–H groups in total. The summed E-state index contributed by atoms with van der Waals surface area (Å²) in [7, 11) is 1.69. The van der Waals surface area contributed by atoms with Crippen molar-refractivity contribution in [3.63, 3.8) is 0 Å². The number of carbonyl (C=O) groups excluding carboxylic acids is 1. The molecule has 2 aromatic heterocycles. The molecule has 0 spiro atoms. The zero-order chi connectivity index (χ0) is 22.0. The molecule has 0 saturated heterocycles. The second-order valence-corrected chi connectivity index (χ2v) is 7.43. The van der Waals surface area contributed by atoms with E-state index in [1.165, 1.54) is 11.8 Å². The molecular weight excluding hydrogens is 398 g/mol. The van der Waals surface area contributed by atoms with Crippen LogP contribution in [0.5, 0.6) is 0 Å². The van der Waals surface area contributed by atoms with Crippen LogP contribution >= 0.6 is 0 Å². The molecule has 160 valence electrons. The Morgan fingerprint density at radius 2 is 2.13 bits per heavy atom. The van der Waals surface area contributed by atoms with Gasteiger partial charge >= 0.3 is 0 Å². The van der Waals surface area contributed by atoms with Crippen LogP contribution in [0.1, 0.15) is 49.8 Å². The van der Waals surface area contributed by atoms with Crippen LogP contribution in [0, 0.1) is 0 Å². The Kier molecular flexibility index (Phi) is 5.66. The Labute approximate surface area is 178 Å². The first-order valence-electron chi connectivity index (χ1n) is 10.0. The van der Waals surface area contributed by atoms with E-state index in [4.69, 9.17) is 9.26 Å². The molecule has 3 aromatic rings. The highest BCUT2D eigenvalue weighted by Crippen LogP contribution is 2.20. The third-order valence-electron chi connectivity index (χ3n) is 5.04. The predicted molar refractivity (Wildman–Crippen MR) is 115 cm³/mol. The van der Waals surface area contributed by atoms with E-state index in [1.54, 1.807) is 25.4 Å². The number of nitrogens with zero attached hydrogens (tertiary/aromatic N) is 4. The van der Waals surface area contributed by atoms with Gasteiger partial charge in [-0.25, -0.2) is 4.98 Å². The molecule has 1 aromatic carbocycles. The van der Waals surface area contributed by atoms with Crippen LogP contribution in [0.3, 0.4) is 0 Å². The van der Waals surface area contributed by atoms with Crippen LogP contribution in [0.2, 0.25) is 0 Å². The van der Waals surface area contributed by atoms with Crippen molar-refractivity contribution < 1.29 is 14.1 Å². The zero-order valence-electron chi connectivity index (χ0n) is 17.6. The fraction of sp³-hybridized carbons (Fsp3) is 0.318. The van der Waals surface area contributed by atoms with E-state index >= 15 is 0 Å². The number of hydrogen-bond acceptors (Lipinski definition) is 7. The van der Waals surface area contributed by atoms with Crippen molar-refractivity contribution in [1.82, 2.24) is 25.0 Å². The predicted octanol–water partition coefficient (Wildman–Crippen LogP) is 2.89. The molecule has 0 atom stereocenters. The van der Waals surface area contributed by atoms with Crippen LogP contribution in [-0.2, 0) is 16.0 Å². The number of carbonyl (C=O) groups is 1. The van der Waals surface area contributed by atoms with E-state index in [0.717, 1.165) is 24.0 Å². The maximum Gasteiger partial charge on any atom is 0.258 e. The van der Waals surface area contributed by atoms with Gasteiger partial charge in [-0.15, -0.1) is 0 Å². The number of benzene rings is 1. The molecule has 1 aliphatic heterocycles. The van der Waals surface area contributed by atoms with Crippen molar-refractivity contribution in [3.05, 3.63) is 63.9 Å². The highest BCUT2D eigenvalue weighted by Gasteiger charge is 2.16. The minimum absolute atomic E-state index is 0.0696. The maximum atomic E-state index is 12.7.